The third kappa shape index (κ3) is 3.01. The van der Waals surface area contributed by atoms with Gasteiger partial charge in [-0.2, -0.15) is 0 Å². The molecule has 1 aromatic heterocycles. The lowest BCUT2D eigenvalue weighted by Crippen LogP contribution is -2.48. The maximum atomic E-state index is 11.7. The average molecular weight is 337 g/mol. The number of fused-ring (bicyclic) bond motifs is 1. The fourth-order valence-corrected chi connectivity index (χ4v) is 4.18. The van der Waals surface area contributed by atoms with Crippen LogP contribution in [-0.2, 0) is 4.74 Å². The van der Waals surface area contributed by atoms with Crippen LogP contribution in [0, 0.1) is 0 Å². The van der Waals surface area contributed by atoms with E-state index in [9.17, 15) is 4.79 Å². The second kappa shape index (κ2) is 6.75. The van der Waals surface area contributed by atoms with E-state index < -0.39 is 0 Å². The Morgan fingerprint density at radius 2 is 2.14 bits per heavy atom. The summed E-state index contributed by atoms with van der Waals surface area (Å²) in [4.78, 5) is 21.8. The molecular formula is C15H19N3O2S2. The van der Waals surface area contributed by atoms with E-state index in [2.05, 4.69) is 29.4 Å². The van der Waals surface area contributed by atoms with Crippen molar-refractivity contribution in [2.75, 3.05) is 43.9 Å². The highest BCUT2D eigenvalue weighted by Crippen LogP contribution is 2.34. The number of anilines is 1. The number of amides is 1. The first kappa shape index (κ1) is 15.4. The fourth-order valence-electron chi connectivity index (χ4n) is 2.51. The van der Waals surface area contributed by atoms with Gasteiger partial charge in [0, 0.05) is 31.1 Å². The minimum Gasteiger partial charge on any atom is -0.450 e. The number of hydrogen-bond acceptors (Lipinski definition) is 6. The third-order valence-electron chi connectivity index (χ3n) is 3.67. The van der Waals surface area contributed by atoms with Gasteiger partial charge in [-0.25, -0.2) is 9.78 Å². The van der Waals surface area contributed by atoms with E-state index in [1.165, 1.54) is 9.60 Å². The number of carbonyl (C=O) groups excluding carboxylic acids is 1. The van der Waals surface area contributed by atoms with Crippen LogP contribution in [0.2, 0.25) is 0 Å². The van der Waals surface area contributed by atoms with E-state index in [1.807, 2.05) is 6.92 Å². The average Bonchev–Trinajstić information content (AvgIpc) is 2.99. The minimum absolute atomic E-state index is 0.212. The van der Waals surface area contributed by atoms with Crippen molar-refractivity contribution in [1.29, 1.82) is 0 Å². The normalized spacial score (nSPS) is 15.4. The molecule has 2 heterocycles. The molecule has 0 aliphatic carbocycles. The van der Waals surface area contributed by atoms with Crippen molar-refractivity contribution in [2.45, 2.75) is 11.8 Å². The smallest absolute Gasteiger partial charge is 0.409 e. The molecule has 0 unspecified atom stereocenters. The van der Waals surface area contributed by atoms with Gasteiger partial charge in [0.25, 0.3) is 0 Å². The van der Waals surface area contributed by atoms with Crippen LogP contribution in [0.25, 0.3) is 10.2 Å². The van der Waals surface area contributed by atoms with Gasteiger partial charge in [-0.1, -0.05) is 17.4 Å². The number of nitrogens with zero attached hydrogens (tertiary/aromatic N) is 3. The summed E-state index contributed by atoms with van der Waals surface area (Å²) in [5, 5.41) is 1.04. The van der Waals surface area contributed by atoms with Crippen LogP contribution in [0.3, 0.4) is 0 Å². The van der Waals surface area contributed by atoms with Gasteiger partial charge in [0.1, 0.15) is 0 Å². The quantitative estimate of drug-likeness (QED) is 0.804. The molecule has 22 heavy (non-hydrogen) atoms. The van der Waals surface area contributed by atoms with Crippen molar-refractivity contribution < 1.29 is 9.53 Å². The van der Waals surface area contributed by atoms with Crippen LogP contribution in [-0.4, -0.2) is 55.0 Å². The summed E-state index contributed by atoms with van der Waals surface area (Å²) in [6.07, 6.45) is 1.86. The number of para-hydroxylation sites is 1. The molecule has 0 radical (unpaired) electrons. The second-order valence-corrected chi connectivity index (χ2v) is 6.83. The van der Waals surface area contributed by atoms with Gasteiger partial charge in [0.15, 0.2) is 5.13 Å². The number of carbonyl (C=O) groups is 1. The van der Waals surface area contributed by atoms with Gasteiger partial charge in [0.05, 0.1) is 16.8 Å². The van der Waals surface area contributed by atoms with E-state index >= 15 is 0 Å². The van der Waals surface area contributed by atoms with Crippen molar-refractivity contribution >= 4 is 44.5 Å². The predicted octanol–water partition coefficient (Wildman–Crippen LogP) is 3.30. The highest BCUT2D eigenvalue weighted by atomic mass is 32.2. The number of thioether (sulfide) groups is 1. The molecule has 118 valence electrons. The second-order valence-electron chi connectivity index (χ2n) is 4.98. The standard InChI is InChI=1S/C15H19N3O2S2/c1-3-20-15(19)18-9-7-17(8-10-18)14-16-13-11(21-2)5-4-6-12(13)22-14/h4-6H,3,7-10H2,1-2H3. The highest BCUT2D eigenvalue weighted by molar-refractivity contribution is 7.98. The summed E-state index contributed by atoms with van der Waals surface area (Å²) in [5.74, 6) is 0. The Morgan fingerprint density at radius 1 is 1.36 bits per heavy atom. The van der Waals surface area contributed by atoms with Crippen molar-refractivity contribution in [1.82, 2.24) is 9.88 Å². The molecule has 0 atom stereocenters. The molecule has 0 spiro atoms. The monoisotopic (exact) mass is 337 g/mol. The topological polar surface area (TPSA) is 45.7 Å². The van der Waals surface area contributed by atoms with Gasteiger partial charge in [-0.3, -0.25) is 0 Å². The summed E-state index contributed by atoms with van der Waals surface area (Å²) in [6, 6.07) is 6.30. The number of aromatic nitrogens is 1. The maximum Gasteiger partial charge on any atom is 0.409 e. The fraction of sp³-hybridized carbons (Fsp3) is 0.467. The van der Waals surface area contributed by atoms with Crippen LogP contribution in [0.15, 0.2) is 23.1 Å². The number of rotatable bonds is 3. The Labute approximate surface area is 138 Å². The zero-order chi connectivity index (χ0) is 15.5. The van der Waals surface area contributed by atoms with E-state index in [0.29, 0.717) is 19.7 Å². The Morgan fingerprint density at radius 3 is 2.82 bits per heavy atom. The molecule has 0 bridgehead atoms. The van der Waals surface area contributed by atoms with Crippen LogP contribution in [0.5, 0.6) is 0 Å². The van der Waals surface area contributed by atoms with Gasteiger partial charge in [0.2, 0.25) is 0 Å². The molecule has 1 aliphatic heterocycles. The Bertz CT molecular complexity index is 666. The highest BCUT2D eigenvalue weighted by Gasteiger charge is 2.24. The van der Waals surface area contributed by atoms with Gasteiger partial charge in [-0.05, 0) is 25.3 Å². The number of thiazole rings is 1. The molecule has 0 saturated carbocycles. The summed E-state index contributed by atoms with van der Waals surface area (Å²) in [7, 11) is 0. The van der Waals surface area contributed by atoms with Crippen LogP contribution < -0.4 is 4.90 Å². The maximum absolute atomic E-state index is 11.7. The molecule has 1 fully saturated rings. The van der Waals surface area contributed by atoms with Crippen LogP contribution in [0.4, 0.5) is 9.93 Å². The zero-order valence-corrected chi connectivity index (χ0v) is 14.4. The molecule has 7 heteroatoms. The molecule has 1 aromatic carbocycles. The lowest BCUT2D eigenvalue weighted by molar-refractivity contribution is 0.105. The SMILES string of the molecule is CCOC(=O)N1CCN(c2nc3c(SC)cccc3s2)CC1. The van der Waals surface area contributed by atoms with Gasteiger partial charge in [-0.15, -0.1) is 11.8 Å². The van der Waals surface area contributed by atoms with E-state index in [0.717, 1.165) is 23.7 Å². The predicted molar refractivity (Wildman–Crippen MR) is 92.2 cm³/mol. The summed E-state index contributed by atoms with van der Waals surface area (Å²) in [6.45, 7) is 5.22. The van der Waals surface area contributed by atoms with E-state index in [-0.39, 0.29) is 6.09 Å². The number of ether oxygens (including phenoxy) is 1. The third-order valence-corrected chi connectivity index (χ3v) is 5.52. The van der Waals surface area contributed by atoms with Crippen LogP contribution in [0.1, 0.15) is 6.92 Å². The summed E-state index contributed by atoms with van der Waals surface area (Å²) >= 11 is 3.44. The number of hydrogen-bond donors (Lipinski definition) is 0. The largest absolute Gasteiger partial charge is 0.450 e. The molecule has 1 amide bonds. The molecule has 3 rings (SSSR count). The lowest BCUT2D eigenvalue weighted by atomic mass is 10.3. The summed E-state index contributed by atoms with van der Waals surface area (Å²) < 4.78 is 6.27. The molecule has 2 aromatic rings. The molecule has 1 saturated heterocycles. The Balaban J connectivity index is 1.72. The van der Waals surface area contributed by atoms with Crippen molar-refractivity contribution in [3.63, 3.8) is 0 Å². The van der Waals surface area contributed by atoms with Gasteiger partial charge >= 0.3 is 6.09 Å². The first-order valence-electron chi connectivity index (χ1n) is 7.33. The van der Waals surface area contributed by atoms with Crippen molar-refractivity contribution in [3.8, 4) is 0 Å². The van der Waals surface area contributed by atoms with Crippen molar-refractivity contribution in [3.05, 3.63) is 18.2 Å². The Hall–Kier alpha value is -1.47. The number of benzene rings is 1. The first-order chi connectivity index (χ1) is 10.7. The lowest BCUT2D eigenvalue weighted by Gasteiger charge is -2.33. The number of piperazine rings is 1. The minimum atomic E-state index is -0.212. The van der Waals surface area contributed by atoms with E-state index in [1.54, 1.807) is 28.0 Å². The zero-order valence-electron chi connectivity index (χ0n) is 12.7. The van der Waals surface area contributed by atoms with Crippen LogP contribution >= 0.6 is 23.1 Å². The molecule has 5 nitrogen and oxygen atoms in total. The van der Waals surface area contributed by atoms with Gasteiger partial charge < -0.3 is 14.5 Å². The molecular weight excluding hydrogens is 318 g/mol. The van der Waals surface area contributed by atoms with E-state index in [4.69, 9.17) is 9.72 Å². The van der Waals surface area contributed by atoms with Crippen molar-refractivity contribution in [2.24, 2.45) is 0 Å². The Kier molecular flexibility index (Phi) is 4.73. The summed E-state index contributed by atoms with van der Waals surface area (Å²) in [5.41, 5.74) is 1.09. The first-order valence-corrected chi connectivity index (χ1v) is 9.37. The molecule has 1 aliphatic rings. The molecule has 0 N–H and O–H groups in total.